The van der Waals surface area contributed by atoms with Crippen LogP contribution < -0.4 is 21.2 Å². The van der Waals surface area contributed by atoms with Crippen LogP contribution in [0.25, 0.3) is 0 Å². The fraction of sp³-hybridized carbons (Fsp3) is 1.00. The summed E-state index contributed by atoms with van der Waals surface area (Å²) in [6.07, 6.45) is 3.06. The fourth-order valence-corrected chi connectivity index (χ4v) is 5.25. The molecule has 0 aromatic rings. The van der Waals surface area contributed by atoms with Crippen molar-refractivity contribution in [1.29, 1.82) is 0 Å². The van der Waals surface area contributed by atoms with E-state index in [0.29, 0.717) is 10.0 Å². The van der Waals surface area contributed by atoms with Gasteiger partial charge in [-0.1, -0.05) is 0 Å². The monoisotopic (exact) mass is 327 g/mol. The van der Waals surface area contributed by atoms with E-state index in [1.165, 1.54) is 12.8 Å². The average Bonchev–Trinajstić information content (AvgIpc) is 2.25. The molecule has 0 aromatic heterocycles. The van der Waals surface area contributed by atoms with Crippen molar-refractivity contribution >= 4 is 0 Å². The minimum atomic E-state index is 0.00730. The molecule has 0 saturated carbocycles. The predicted molar refractivity (Wildman–Crippen MR) is 53.6 cm³/mol. The van der Waals surface area contributed by atoms with Crippen LogP contribution in [0.4, 0.5) is 0 Å². The normalized spacial score (nSPS) is 43.1. The van der Waals surface area contributed by atoms with Crippen LogP contribution in [0.2, 0.25) is 0 Å². The summed E-state index contributed by atoms with van der Waals surface area (Å²) in [6, 6.07) is 0. The number of hydrogen-bond acceptors (Lipinski definition) is 3. The molecule has 90 valence electrons. The topological polar surface area (TPSA) is 27.7 Å². The Kier molecular flexibility index (Phi) is 4.67. The molecule has 0 spiro atoms. The predicted octanol–water partition coefficient (Wildman–Crippen LogP) is -1.60. The van der Waals surface area contributed by atoms with Crippen molar-refractivity contribution in [3.8, 4) is 0 Å². The van der Waals surface area contributed by atoms with Gasteiger partial charge in [-0.25, -0.2) is 0 Å². The van der Waals surface area contributed by atoms with Crippen molar-refractivity contribution in [3.63, 3.8) is 0 Å². The maximum atomic E-state index is 5.70. The number of rotatable bonds is 2. The Balaban J connectivity index is 1.68. The van der Waals surface area contributed by atoms with Crippen LogP contribution in [0.3, 0.4) is 0 Å². The van der Waals surface area contributed by atoms with Gasteiger partial charge in [0.2, 0.25) is 0 Å². The van der Waals surface area contributed by atoms with Crippen LogP contribution in [0.15, 0.2) is 0 Å². The van der Waals surface area contributed by atoms with Crippen LogP contribution in [0.1, 0.15) is 26.7 Å². The molecule has 2 rings (SSSR count). The van der Waals surface area contributed by atoms with Gasteiger partial charge in [0.25, 0.3) is 0 Å². The quantitative estimate of drug-likeness (QED) is 0.452. The number of alkyl halides is 2. The Morgan fingerprint density at radius 1 is 0.867 bits per heavy atom. The molecule has 0 amide bonds. The molecule has 4 heteroatoms. The fourth-order valence-electron chi connectivity index (χ4n) is 1.85. The zero-order chi connectivity index (χ0) is 10.7. The molecule has 3 nitrogen and oxygen atoms in total. The van der Waals surface area contributed by atoms with Gasteiger partial charge >= 0.3 is 102 Å². The molecule has 0 N–H and O–H groups in total. The summed E-state index contributed by atoms with van der Waals surface area (Å²) in [5.74, 6) is 0. The van der Waals surface area contributed by atoms with E-state index in [-0.39, 0.29) is 27.5 Å². The molecular formula is C11H20IO3-. The zero-order valence-corrected chi connectivity index (χ0v) is 11.6. The van der Waals surface area contributed by atoms with E-state index in [9.17, 15) is 0 Å². The van der Waals surface area contributed by atoms with Gasteiger partial charge in [0.05, 0.1) is 0 Å². The van der Waals surface area contributed by atoms with Crippen molar-refractivity contribution in [1.82, 2.24) is 0 Å². The summed E-state index contributed by atoms with van der Waals surface area (Å²) in [5, 5.41) is 0. The van der Waals surface area contributed by atoms with E-state index in [2.05, 4.69) is 6.92 Å². The van der Waals surface area contributed by atoms with Crippen molar-refractivity contribution in [2.24, 2.45) is 0 Å². The molecule has 2 unspecified atom stereocenters. The van der Waals surface area contributed by atoms with Gasteiger partial charge in [-0.05, 0) is 0 Å². The molecule has 15 heavy (non-hydrogen) atoms. The molecule has 2 fully saturated rings. The van der Waals surface area contributed by atoms with Gasteiger partial charge in [0, 0.05) is 0 Å². The second-order valence-electron chi connectivity index (χ2n) is 4.28. The first kappa shape index (κ1) is 12.1. The van der Waals surface area contributed by atoms with Crippen molar-refractivity contribution in [2.45, 2.75) is 46.9 Å². The maximum absolute atomic E-state index is 5.70. The Morgan fingerprint density at radius 3 is 2.13 bits per heavy atom. The summed E-state index contributed by atoms with van der Waals surface area (Å²) in [6.45, 7) is 6.92. The van der Waals surface area contributed by atoms with E-state index in [0.717, 1.165) is 23.7 Å². The Labute approximate surface area is 102 Å². The van der Waals surface area contributed by atoms with E-state index in [4.69, 9.17) is 14.2 Å². The first-order valence-electron chi connectivity index (χ1n) is 5.71. The van der Waals surface area contributed by atoms with Crippen molar-refractivity contribution in [3.05, 3.63) is 0 Å². The number of ether oxygens (including phenoxy) is 3. The van der Waals surface area contributed by atoms with Crippen LogP contribution in [-0.4, -0.2) is 40.1 Å². The Morgan fingerprint density at radius 2 is 1.53 bits per heavy atom. The third-order valence-electron chi connectivity index (χ3n) is 2.83. The van der Waals surface area contributed by atoms with Crippen molar-refractivity contribution < 1.29 is 35.4 Å². The van der Waals surface area contributed by atoms with Gasteiger partial charge in [0.15, 0.2) is 0 Å². The first-order valence-corrected chi connectivity index (χ1v) is 8.20. The first-order chi connectivity index (χ1) is 7.24. The zero-order valence-electron chi connectivity index (χ0n) is 9.45. The molecule has 0 radical (unpaired) electrons. The molecule has 2 aliphatic heterocycles. The second kappa shape index (κ2) is 5.80. The van der Waals surface area contributed by atoms with Crippen LogP contribution in [-0.2, 0) is 14.2 Å². The number of hydrogen-bond donors (Lipinski definition) is 0. The van der Waals surface area contributed by atoms with Gasteiger partial charge in [-0.3, -0.25) is 0 Å². The Hall–Kier alpha value is 0.610. The summed E-state index contributed by atoms with van der Waals surface area (Å²) >= 11 is 0.169. The van der Waals surface area contributed by atoms with E-state index < -0.39 is 0 Å². The summed E-state index contributed by atoms with van der Waals surface area (Å²) in [5.41, 5.74) is 0. The van der Waals surface area contributed by atoms with Crippen LogP contribution >= 0.6 is 0 Å². The van der Waals surface area contributed by atoms with E-state index in [1.807, 2.05) is 6.92 Å². The summed E-state index contributed by atoms with van der Waals surface area (Å²) < 4.78 is 18.2. The summed E-state index contributed by atoms with van der Waals surface area (Å²) in [4.78, 5) is 0. The average molecular weight is 327 g/mol. The molecular weight excluding hydrogens is 307 g/mol. The minimum absolute atomic E-state index is 0.00730. The Bertz CT molecular complexity index is 164. The second-order valence-corrected chi connectivity index (χ2v) is 8.52. The molecule has 2 saturated heterocycles. The molecule has 2 heterocycles. The van der Waals surface area contributed by atoms with Gasteiger partial charge in [-0.15, -0.1) is 0 Å². The summed E-state index contributed by atoms with van der Waals surface area (Å²) in [7, 11) is 0. The van der Waals surface area contributed by atoms with E-state index >= 15 is 0 Å². The van der Waals surface area contributed by atoms with Gasteiger partial charge in [-0.2, -0.15) is 0 Å². The third-order valence-corrected chi connectivity index (χ3v) is 6.56. The molecule has 0 aromatic carbocycles. The standard InChI is InChI=1S/C11H20IO3/c1-8-3-4-10(5-13-8)12-11-6-14-9(2)15-7-11/h8-11H,3-7H2,1-2H3/q-1. The molecule has 2 atom stereocenters. The molecule has 0 aliphatic carbocycles. The molecule has 2 aliphatic rings. The van der Waals surface area contributed by atoms with Gasteiger partial charge < -0.3 is 0 Å². The van der Waals surface area contributed by atoms with Crippen LogP contribution in [0, 0.1) is 0 Å². The third kappa shape index (κ3) is 3.84. The van der Waals surface area contributed by atoms with Crippen LogP contribution in [0.5, 0.6) is 0 Å². The van der Waals surface area contributed by atoms with Crippen molar-refractivity contribution in [2.75, 3.05) is 19.8 Å². The SMILES string of the molecule is CC1CCC([I-]C2COC(C)OC2)CO1. The van der Waals surface area contributed by atoms with E-state index in [1.54, 1.807) is 0 Å². The van der Waals surface area contributed by atoms with Gasteiger partial charge in [0.1, 0.15) is 0 Å². The molecule has 0 bridgehead atoms. The number of halogens is 1.